The molecule has 0 atom stereocenters. The van der Waals surface area contributed by atoms with E-state index >= 15 is 0 Å². The van der Waals surface area contributed by atoms with Crippen LogP contribution >= 0.6 is 27.5 Å². The van der Waals surface area contributed by atoms with Crippen LogP contribution in [-0.2, 0) is 6.54 Å². The van der Waals surface area contributed by atoms with Gasteiger partial charge in [-0.05, 0) is 30.7 Å². The first-order valence-corrected chi connectivity index (χ1v) is 5.96. The molecule has 16 heavy (non-hydrogen) atoms. The predicted octanol–water partition coefficient (Wildman–Crippen LogP) is 3.24. The fourth-order valence-corrected chi connectivity index (χ4v) is 2.11. The van der Waals surface area contributed by atoms with Gasteiger partial charge in [-0.15, -0.1) is 0 Å². The summed E-state index contributed by atoms with van der Waals surface area (Å²) in [5.74, 6) is 0.508. The molecule has 0 fully saturated rings. The lowest BCUT2D eigenvalue weighted by atomic mass is 10.2. The highest BCUT2D eigenvalue weighted by Gasteiger charge is 2.07. The Hall–Kier alpha value is -1.000. The van der Waals surface area contributed by atoms with Gasteiger partial charge in [-0.2, -0.15) is 0 Å². The molecule has 0 saturated heterocycles. The number of rotatable bonds is 2. The van der Waals surface area contributed by atoms with E-state index in [1.807, 2.05) is 29.7 Å². The van der Waals surface area contributed by atoms with Crippen molar-refractivity contribution in [2.75, 3.05) is 5.73 Å². The number of aryl methyl sites for hydroxylation is 1. The van der Waals surface area contributed by atoms with Gasteiger partial charge in [-0.25, -0.2) is 4.98 Å². The summed E-state index contributed by atoms with van der Waals surface area (Å²) in [6.07, 6.45) is 1.75. The molecule has 1 aromatic carbocycles. The van der Waals surface area contributed by atoms with Crippen molar-refractivity contribution in [1.82, 2.24) is 9.55 Å². The van der Waals surface area contributed by atoms with E-state index in [1.165, 1.54) is 0 Å². The first-order chi connectivity index (χ1) is 7.58. The largest absolute Gasteiger partial charge is 0.369 e. The lowest BCUT2D eigenvalue weighted by Crippen LogP contribution is -2.06. The maximum Gasteiger partial charge on any atom is 0.200 e. The molecular formula is C11H11BrClN3. The highest BCUT2D eigenvalue weighted by atomic mass is 79.9. The minimum Gasteiger partial charge on any atom is -0.369 e. The zero-order valence-corrected chi connectivity index (χ0v) is 11.1. The van der Waals surface area contributed by atoms with Gasteiger partial charge >= 0.3 is 0 Å². The molecule has 1 heterocycles. The Labute approximate surface area is 107 Å². The molecule has 0 spiro atoms. The van der Waals surface area contributed by atoms with Crippen molar-refractivity contribution in [2.45, 2.75) is 13.5 Å². The number of nitrogens with two attached hydrogens (primary N) is 1. The van der Waals surface area contributed by atoms with Crippen LogP contribution in [0.5, 0.6) is 0 Å². The van der Waals surface area contributed by atoms with Crippen LogP contribution < -0.4 is 5.73 Å². The van der Waals surface area contributed by atoms with E-state index in [-0.39, 0.29) is 0 Å². The second-order valence-corrected chi connectivity index (χ2v) is 4.90. The van der Waals surface area contributed by atoms with Crippen molar-refractivity contribution in [1.29, 1.82) is 0 Å². The first kappa shape index (κ1) is 11.5. The van der Waals surface area contributed by atoms with E-state index in [0.29, 0.717) is 12.5 Å². The fourth-order valence-electron chi connectivity index (χ4n) is 1.52. The standard InChI is InChI=1S/C11H11BrClN3/c1-7-5-15-11(14)16(7)6-8-4-9(12)2-3-10(8)13/h2-5H,6H2,1H3,(H2,14,15). The first-order valence-electron chi connectivity index (χ1n) is 4.79. The van der Waals surface area contributed by atoms with Gasteiger partial charge in [-0.3, -0.25) is 0 Å². The Bertz CT molecular complexity index is 502. The molecule has 3 nitrogen and oxygen atoms in total. The van der Waals surface area contributed by atoms with Crippen LogP contribution in [-0.4, -0.2) is 9.55 Å². The van der Waals surface area contributed by atoms with Gasteiger partial charge in [0, 0.05) is 15.2 Å². The molecule has 2 aromatic rings. The Morgan fingerprint density at radius 3 is 2.88 bits per heavy atom. The predicted molar refractivity (Wildman–Crippen MR) is 69.6 cm³/mol. The van der Waals surface area contributed by atoms with E-state index in [2.05, 4.69) is 20.9 Å². The van der Waals surface area contributed by atoms with E-state index < -0.39 is 0 Å². The van der Waals surface area contributed by atoms with Gasteiger partial charge in [0.15, 0.2) is 0 Å². The summed E-state index contributed by atoms with van der Waals surface area (Å²) in [5, 5.41) is 0.732. The zero-order chi connectivity index (χ0) is 11.7. The van der Waals surface area contributed by atoms with Gasteiger partial charge in [0.05, 0.1) is 12.7 Å². The molecule has 0 amide bonds. The van der Waals surface area contributed by atoms with Gasteiger partial charge in [0.25, 0.3) is 0 Å². The summed E-state index contributed by atoms with van der Waals surface area (Å²) in [6.45, 7) is 2.60. The molecule has 5 heteroatoms. The lowest BCUT2D eigenvalue weighted by Gasteiger charge is -2.09. The summed E-state index contributed by atoms with van der Waals surface area (Å²) in [7, 11) is 0. The van der Waals surface area contributed by atoms with E-state index in [1.54, 1.807) is 6.20 Å². The maximum atomic E-state index is 6.12. The van der Waals surface area contributed by atoms with Crippen LogP contribution in [0.4, 0.5) is 5.95 Å². The summed E-state index contributed by atoms with van der Waals surface area (Å²) in [5.41, 5.74) is 7.81. The average molecular weight is 301 g/mol. The summed E-state index contributed by atoms with van der Waals surface area (Å²) < 4.78 is 2.93. The smallest absolute Gasteiger partial charge is 0.200 e. The summed E-state index contributed by atoms with van der Waals surface area (Å²) >= 11 is 9.55. The van der Waals surface area contributed by atoms with E-state index in [9.17, 15) is 0 Å². The van der Waals surface area contributed by atoms with Gasteiger partial charge in [0.1, 0.15) is 0 Å². The minimum absolute atomic E-state index is 0.508. The number of nitrogen functional groups attached to an aromatic ring is 1. The number of aromatic nitrogens is 2. The highest BCUT2D eigenvalue weighted by Crippen LogP contribution is 2.23. The molecule has 0 radical (unpaired) electrons. The molecule has 2 rings (SSSR count). The molecule has 84 valence electrons. The molecule has 0 bridgehead atoms. The van der Waals surface area contributed by atoms with E-state index in [0.717, 1.165) is 20.8 Å². The van der Waals surface area contributed by atoms with Gasteiger partial charge < -0.3 is 10.3 Å². The van der Waals surface area contributed by atoms with Crippen LogP contribution in [0.15, 0.2) is 28.9 Å². The number of hydrogen-bond donors (Lipinski definition) is 1. The number of anilines is 1. The Morgan fingerprint density at radius 1 is 1.50 bits per heavy atom. The second-order valence-electron chi connectivity index (χ2n) is 3.58. The molecule has 0 aliphatic carbocycles. The van der Waals surface area contributed by atoms with Crippen molar-refractivity contribution in [3.8, 4) is 0 Å². The van der Waals surface area contributed by atoms with Crippen molar-refractivity contribution >= 4 is 33.5 Å². The molecule has 0 aliphatic heterocycles. The van der Waals surface area contributed by atoms with Crippen molar-refractivity contribution in [3.05, 3.63) is 45.1 Å². The quantitative estimate of drug-likeness (QED) is 0.925. The van der Waals surface area contributed by atoms with Crippen LogP contribution in [0.1, 0.15) is 11.3 Å². The van der Waals surface area contributed by atoms with Crippen LogP contribution in [0.2, 0.25) is 5.02 Å². The number of imidazole rings is 1. The molecular weight excluding hydrogens is 289 g/mol. The lowest BCUT2D eigenvalue weighted by molar-refractivity contribution is 0.782. The average Bonchev–Trinajstić information content (AvgIpc) is 2.55. The number of hydrogen-bond acceptors (Lipinski definition) is 2. The zero-order valence-electron chi connectivity index (χ0n) is 8.74. The number of benzene rings is 1. The molecule has 1 aromatic heterocycles. The number of halogens is 2. The molecule has 0 aliphatic rings. The SMILES string of the molecule is Cc1cnc(N)n1Cc1cc(Br)ccc1Cl. The third kappa shape index (κ3) is 2.23. The normalized spacial score (nSPS) is 10.7. The van der Waals surface area contributed by atoms with Gasteiger partial charge in [-0.1, -0.05) is 27.5 Å². The topological polar surface area (TPSA) is 43.8 Å². The Balaban J connectivity index is 2.37. The van der Waals surface area contributed by atoms with Crippen molar-refractivity contribution in [2.24, 2.45) is 0 Å². The molecule has 0 unspecified atom stereocenters. The minimum atomic E-state index is 0.508. The highest BCUT2D eigenvalue weighted by molar-refractivity contribution is 9.10. The van der Waals surface area contributed by atoms with Crippen molar-refractivity contribution < 1.29 is 0 Å². The van der Waals surface area contributed by atoms with Crippen LogP contribution in [0, 0.1) is 6.92 Å². The third-order valence-corrected chi connectivity index (χ3v) is 3.28. The fraction of sp³-hybridized carbons (Fsp3) is 0.182. The third-order valence-electron chi connectivity index (χ3n) is 2.42. The van der Waals surface area contributed by atoms with Crippen molar-refractivity contribution in [3.63, 3.8) is 0 Å². The number of nitrogens with zero attached hydrogens (tertiary/aromatic N) is 2. The summed E-state index contributed by atoms with van der Waals surface area (Å²) in [4.78, 5) is 4.05. The molecule has 0 saturated carbocycles. The van der Waals surface area contributed by atoms with Crippen LogP contribution in [0.3, 0.4) is 0 Å². The Kier molecular flexibility index (Phi) is 3.21. The Morgan fingerprint density at radius 2 is 2.25 bits per heavy atom. The monoisotopic (exact) mass is 299 g/mol. The van der Waals surface area contributed by atoms with E-state index in [4.69, 9.17) is 17.3 Å². The maximum absolute atomic E-state index is 6.12. The second kappa shape index (κ2) is 4.47. The molecule has 2 N–H and O–H groups in total. The summed E-state index contributed by atoms with van der Waals surface area (Å²) in [6, 6.07) is 5.76. The van der Waals surface area contributed by atoms with Gasteiger partial charge in [0.2, 0.25) is 5.95 Å². The van der Waals surface area contributed by atoms with Crippen LogP contribution in [0.25, 0.3) is 0 Å².